The van der Waals surface area contributed by atoms with Crippen molar-refractivity contribution in [3.05, 3.63) is 66.0 Å². The van der Waals surface area contributed by atoms with Gasteiger partial charge in [-0.05, 0) is 43.7 Å². The van der Waals surface area contributed by atoms with Gasteiger partial charge in [-0.3, -0.25) is 0 Å². The average molecular weight is 443 g/mol. The van der Waals surface area contributed by atoms with Gasteiger partial charge in [0, 0.05) is 26.2 Å². The smallest absolute Gasteiger partial charge is 0.324 e. The lowest BCUT2D eigenvalue weighted by atomic mass is 9.84. The Bertz CT molecular complexity index is 1120. The predicted molar refractivity (Wildman–Crippen MR) is 117 cm³/mol. The number of piperazine rings is 1. The quantitative estimate of drug-likeness (QED) is 0.580. The highest BCUT2D eigenvalue weighted by Gasteiger charge is 2.33. The molecule has 1 aliphatic rings. The van der Waals surface area contributed by atoms with E-state index < -0.39 is 15.4 Å². The van der Waals surface area contributed by atoms with Gasteiger partial charge in [0.2, 0.25) is 10.0 Å². The molecule has 0 N–H and O–H groups in total. The maximum absolute atomic E-state index is 12.9. The van der Waals surface area contributed by atoms with Gasteiger partial charge in [-0.25, -0.2) is 8.42 Å². The van der Waals surface area contributed by atoms with E-state index in [1.54, 1.807) is 31.4 Å². The minimum atomic E-state index is -3.56. The second-order valence-electron chi connectivity index (χ2n) is 7.96. The molecule has 1 fully saturated rings. The fourth-order valence-corrected chi connectivity index (χ4v) is 5.02. The zero-order valence-electron chi connectivity index (χ0n) is 17.9. The molecule has 0 atom stereocenters. The summed E-state index contributed by atoms with van der Waals surface area (Å²) in [5.74, 6) is 1.22. The molecule has 4 rings (SSSR count). The van der Waals surface area contributed by atoms with Gasteiger partial charge >= 0.3 is 6.01 Å². The lowest BCUT2D eigenvalue weighted by Crippen LogP contribution is -2.48. The number of nitrogens with zero attached hydrogens (tertiary/aromatic N) is 4. The van der Waals surface area contributed by atoms with Crippen LogP contribution in [0.1, 0.15) is 25.2 Å². The van der Waals surface area contributed by atoms with Gasteiger partial charge < -0.3 is 14.2 Å². The molecule has 3 aromatic rings. The third-order valence-corrected chi connectivity index (χ3v) is 7.59. The minimum Gasteiger partial charge on any atom is -0.497 e. The van der Waals surface area contributed by atoms with Gasteiger partial charge in [-0.1, -0.05) is 35.5 Å². The van der Waals surface area contributed by atoms with Gasteiger partial charge in [0.15, 0.2) is 5.82 Å². The molecule has 0 bridgehead atoms. The summed E-state index contributed by atoms with van der Waals surface area (Å²) >= 11 is 0. The number of methoxy groups -OCH3 is 1. The molecule has 0 unspecified atom stereocenters. The van der Waals surface area contributed by atoms with E-state index in [0.717, 1.165) is 5.56 Å². The van der Waals surface area contributed by atoms with E-state index in [0.29, 0.717) is 43.8 Å². The first kappa shape index (κ1) is 21.3. The van der Waals surface area contributed by atoms with Crippen molar-refractivity contribution in [3.8, 4) is 5.75 Å². The van der Waals surface area contributed by atoms with E-state index in [1.165, 1.54) is 4.31 Å². The summed E-state index contributed by atoms with van der Waals surface area (Å²) < 4.78 is 38.0. The highest BCUT2D eigenvalue weighted by Crippen LogP contribution is 2.30. The monoisotopic (exact) mass is 442 g/mol. The fourth-order valence-electron chi connectivity index (χ4n) is 3.60. The van der Waals surface area contributed by atoms with Crippen molar-refractivity contribution in [1.29, 1.82) is 0 Å². The molecule has 1 aromatic heterocycles. The molecule has 8 nitrogen and oxygen atoms in total. The first-order valence-electron chi connectivity index (χ1n) is 10.1. The molecule has 2 heterocycles. The van der Waals surface area contributed by atoms with Crippen molar-refractivity contribution in [3.63, 3.8) is 0 Å². The molecule has 0 spiro atoms. The van der Waals surface area contributed by atoms with Crippen molar-refractivity contribution in [1.82, 2.24) is 14.4 Å². The Morgan fingerprint density at radius 3 is 2.23 bits per heavy atom. The Balaban J connectivity index is 1.44. The number of aromatic nitrogens is 2. The summed E-state index contributed by atoms with van der Waals surface area (Å²) in [6.45, 7) is 5.74. The first-order valence-corrected chi connectivity index (χ1v) is 11.6. The number of hydrogen-bond donors (Lipinski definition) is 0. The summed E-state index contributed by atoms with van der Waals surface area (Å²) in [7, 11) is -2.01. The summed E-state index contributed by atoms with van der Waals surface area (Å²) in [6, 6.07) is 16.9. The molecule has 0 amide bonds. The fraction of sp³-hybridized carbons (Fsp3) is 0.364. The molecule has 164 valence electrons. The van der Waals surface area contributed by atoms with Crippen LogP contribution in [0.4, 0.5) is 6.01 Å². The van der Waals surface area contributed by atoms with E-state index in [1.807, 2.05) is 35.2 Å². The Morgan fingerprint density at radius 1 is 0.968 bits per heavy atom. The topological polar surface area (TPSA) is 88.8 Å². The van der Waals surface area contributed by atoms with Crippen LogP contribution in [0.15, 0.2) is 64.0 Å². The van der Waals surface area contributed by atoms with Gasteiger partial charge in [0.1, 0.15) is 5.75 Å². The van der Waals surface area contributed by atoms with Crippen LogP contribution in [-0.2, 0) is 15.4 Å². The van der Waals surface area contributed by atoms with Gasteiger partial charge in [-0.15, -0.1) is 0 Å². The zero-order chi connectivity index (χ0) is 22.1. The molecule has 1 saturated heterocycles. The maximum Gasteiger partial charge on any atom is 0.324 e. The number of anilines is 1. The molecule has 0 saturated carbocycles. The van der Waals surface area contributed by atoms with Crippen LogP contribution in [0.3, 0.4) is 0 Å². The standard InChI is InChI=1S/C22H26N4O4S/c1-22(2,17-7-5-4-6-8-17)20-23-21(30-24-20)25-13-15-26(16-14-25)31(27,28)19-11-9-18(29-3)10-12-19/h4-12H,13-16H2,1-3H3. The summed E-state index contributed by atoms with van der Waals surface area (Å²) in [5.41, 5.74) is 0.695. The number of rotatable bonds is 6. The Morgan fingerprint density at radius 2 is 1.61 bits per heavy atom. The summed E-state index contributed by atoms with van der Waals surface area (Å²) in [4.78, 5) is 6.80. The van der Waals surface area contributed by atoms with Crippen LogP contribution in [0.25, 0.3) is 0 Å². The van der Waals surface area contributed by atoms with E-state index in [2.05, 4.69) is 24.0 Å². The third-order valence-electron chi connectivity index (χ3n) is 5.68. The number of benzene rings is 2. The highest BCUT2D eigenvalue weighted by atomic mass is 32.2. The molecule has 2 aromatic carbocycles. The third kappa shape index (κ3) is 4.15. The van der Waals surface area contributed by atoms with Crippen LogP contribution in [0, 0.1) is 0 Å². The summed E-state index contributed by atoms with van der Waals surface area (Å²) in [6.07, 6.45) is 0. The SMILES string of the molecule is COc1ccc(S(=O)(=O)N2CCN(c3nc(C(C)(C)c4ccccc4)no3)CC2)cc1. The predicted octanol–water partition coefficient (Wildman–Crippen LogP) is 2.92. The number of hydrogen-bond acceptors (Lipinski definition) is 7. The lowest BCUT2D eigenvalue weighted by Gasteiger charge is -2.32. The van der Waals surface area contributed by atoms with Crippen molar-refractivity contribution in [2.45, 2.75) is 24.2 Å². The van der Waals surface area contributed by atoms with Crippen LogP contribution >= 0.6 is 0 Å². The van der Waals surface area contributed by atoms with Crippen LogP contribution in [0.5, 0.6) is 5.75 Å². The maximum atomic E-state index is 12.9. The van der Waals surface area contributed by atoms with E-state index in [4.69, 9.17) is 9.26 Å². The number of ether oxygens (including phenoxy) is 1. The molecular weight excluding hydrogens is 416 g/mol. The second kappa shape index (κ2) is 8.32. The Kier molecular flexibility index (Phi) is 5.72. The van der Waals surface area contributed by atoms with Crippen molar-refractivity contribution >= 4 is 16.0 Å². The van der Waals surface area contributed by atoms with E-state index >= 15 is 0 Å². The largest absolute Gasteiger partial charge is 0.497 e. The molecule has 31 heavy (non-hydrogen) atoms. The van der Waals surface area contributed by atoms with Crippen molar-refractivity contribution in [2.24, 2.45) is 0 Å². The molecular formula is C22H26N4O4S. The minimum absolute atomic E-state index is 0.256. The van der Waals surface area contributed by atoms with Crippen molar-refractivity contribution in [2.75, 3.05) is 38.2 Å². The molecule has 0 radical (unpaired) electrons. The van der Waals surface area contributed by atoms with E-state index in [-0.39, 0.29) is 4.90 Å². The van der Waals surface area contributed by atoms with Gasteiger partial charge in [0.25, 0.3) is 0 Å². The molecule has 1 aliphatic heterocycles. The Labute approximate surface area is 182 Å². The van der Waals surface area contributed by atoms with Crippen LogP contribution in [-0.4, -0.2) is 56.2 Å². The summed E-state index contributed by atoms with van der Waals surface area (Å²) in [5, 5.41) is 4.20. The average Bonchev–Trinajstić information content (AvgIpc) is 3.31. The zero-order valence-corrected chi connectivity index (χ0v) is 18.7. The second-order valence-corrected chi connectivity index (χ2v) is 9.90. The lowest BCUT2D eigenvalue weighted by molar-refractivity contribution is 0.351. The molecule has 9 heteroatoms. The first-order chi connectivity index (χ1) is 14.8. The van der Waals surface area contributed by atoms with Gasteiger partial charge in [-0.2, -0.15) is 9.29 Å². The van der Waals surface area contributed by atoms with Crippen LogP contribution in [0.2, 0.25) is 0 Å². The van der Waals surface area contributed by atoms with Crippen LogP contribution < -0.4 is 9.64 Å². The Hall–Kier alpha value is -2.91. The normalized spacial score (nSPS) is 15.8. The molecule has 0 aliphatic carbocycles. The van der Waals surface area contributed by atoms with Gasteiger partial charge in [0.05, 0.1) is 17.4 Å². The highest BCUT2D eigenvalue weighted by molar-refractivity contribution is 7.89. The van der Waals surface area contributed by atoms with Crippen molar-refractivity contribution < 1.29 is 17.7 Å². The number of sulfonamides is 1. The van der Waals surface area contributed by atoms with E-state index in [9.17, 15) is 8.42 Å².